The minimum absolute atomic E-state index is 0.0878. The first-order valence-electron chi connectivity index (χ1n) is 10.1. The van der Waals surface area contributed by atoms with Crippen LogP contribution in [0.25, 0.3) is 0 Å². The van der Waals surface area contributed by atoms with Crippen LogP contribution < -0.4 is 4.90 Å². The van der Waals surface area contributed by atoms with Crippen molar-refractivity contribution in [1.82, 2.24) is 9.21 Å². The Morgan fingerprint density at radius 2 is 1.59 bits per heavy atom. The molecule has 0 saturated carbocycles. The summed E-state index contributed by atoms with van der Waals surface area (Å²) in [7, 11) is -3.49. The Morgan fingerprint density at radius 3 is 2.28 bits per heavy atom. The fraction of sp³-hybridized carbons (Fsp3) is 0.409. The van der Waals surface area contributed by atoms with Gasteiger partial charge in [-0.15, -0.1) is 0 Å². The number of sulfonamides is 1. The highest BCUT2D eigenvalue weighted by molar-refractivity contribution is 7.89. The number of amides is 1. The lowest BCUT2D eigenvalue weighted by molar-refractivity contribution is -0.123. The zero-order chi connectivity index (χ0) is 20.6. The number of nitrogens with zero attached hydrogens (tertiary/aromatic N) is 3. The average Bonchev–Trinajstić information content (AvgIpc) is 3.17. The van der Waals surface area contributed by atoms with E-state index in [1.807, 2.05) is 49.1 Å². The average molecular weight is 414 g/mol. The lowest BCUT2D eigenvalue weighted by Gasteiger charge is -2.38. The molecule has 0 spiro atoms. The van der Waals surface area contributed by atoms with E-state index in [1.54, 1.807) is 12.1 Å². The zero-order valence-corrected chi connectivity index (χ0v) is 17.7. The standard InChI is InChI=1S/C22H27N3O3S/c1-17-7-9-20(10-8-17)29(27,28)24-15-13-23(14-16-24)18(2)22(26)25-12-11-19-5-3-4-6-21(19)25/h3-10,18H,11-16H2,1-2H3/t18-/m1/s1. The summed E-state index contributed by atoms with van der Waals surface area (Å²) in [6.07, 6.45) is 0.886. The number of piperazine rings is 1. The van der Waals surface area contributed by atoms with Crippen LogP contribution in [0.3, 0.4) is 0 Å². The van der Waals surface area contributed by atoms with Crippen LogP contribution in [0.15, 0.2) is 53.4 Å². The van der Waals surface area contributed by atoms with Crippen LogP contribution in [-0.4, -0.2) is 62.3 Å². The van der Waals surface area contributed by atoms with Gasteiger partial charge in [-0.1, -0.05) is 35.9 Å². The van der Waals surface area contributed by atoms with Crippen molar-refractivity contribution < 1.29 is 13.2 Å². The monoisotopic (exact) mass is 413 g/mol. The van der Waals surface area contributed by atoms with Gasteiger partial charge in [-0.25, -0.2) is 8.42 Å². The second-order valence-electron chi connectivity index (χ2n) is 7.80. The summed E-state index contributed by atoms with van der Waals surface area (Å²) in [4.78, 5) is 17.4. The molecular weight excluding hydrogens is 386 g/mol. The molecule has 0 N–H and O–H groups in total. The van der Waals surface area contributed by atoms with Crippen LogP contribution >= 0.6 is 0 Å². The van der Waals surface area contributed by atoms with Crippen LogP contribution in [0.2, 0.25) is 0 Å². The molecule has 0 aliphatic carbocycles. The fourth-order valence-electron chi connectivity index (χ4n) is 4.14. The normalized spacial score (nSPS) is 19.2. The molecule has 2 aliphatic heterocycles. The molecule has 154 valence electrons. The maximum absolute atomic E-state index is 13.1. The Balaban J connectivity index is 1.40. The molecule has 1 amide bonds. The van der Waals surface area contributed by atoms with Gasteiger partial charge in [-0.05, 0) is 44.0 Å². The molecule has 2 aromatic rings. The molecule has 6 nitrogen and oxygen atoms in total. The molecule has 0 bridgehead atoms. The van der Waals surface area contributed by atoms with E-state index in [0.29, 0.717) is 37.6 Å². The van der Waals surface area contributed by atoms with E-state index in [0.717, 1.165) is 17.7 Å². The number of benzene rings is 2. The topological polar surface area (TPSA) is 60.9 Å². The maximum atomic E-state index is 13.1. The van der Waals surface area contributed by atoms with Crippen molar-refractivity contribution in [3.8, 4) is 0 Å². The first kappa shape index (κ1) is 20.1. The number of para-hydroxylation sites is 1. The number of carbonyl (C=O) groups excluding carboxylic acids is 1. The number of fused-ring (bicyclic) bond motifs is 1. The zero-order valence-electron chi connectivity index (χ0n) is 16.9. The van der Waals surface area contributed by atoms with E-state index in [2.05, 4.69) is 11.0 Å². The van der Waals surface area contributed by atoms with E-state index in [1.165, 1.54) is 9.87 Å². The first-order valence-corrected chi connectivity index (χ1v) is 11.5. The van der Waals surface area contributed by atoms with Gasteiger partial charge in [0, 0.05) is 38.4 Å². The van der Waals surface area contributed by atoms with Crippen LogP contribution in [0.4, 0.5) is 5.69 Å². The van der Waals surface area contributed by atoms with Crippen molar-refractivity contribution in [2.45, 2.75) is 31.2 Å². The number of carbonyl (C=O) groups is 1. The van der Waals surface area contributed by atoms with Gasteiger partial charge < -0.3 is 4.90 Å². The third-order valence-corrected chi connectivity index (χ3v) is 7.90. The molecule has 1 saturated heterocycles. The van der Waals surface area contributed by atoms with Crippen molar-refractivity contribution in [2.75, 3.05) is 37.6 Å². The van der Waals surface area contributed by atoms with Crippen molar-refractivity contribution >= 4 is 21.6 Å². The summed E-state index contributed by atoms with van der Waals surface area (Å²) in [6, 6.07) is 14.7. The van der Waals surface area contributed by atoms with Crippen LogP contribution in [0, 0.1) is 6.92 Å². The molecule has 4 rings (SSSR count). The maximum Gasteiger partial charge on any atom is 0.244 e. The predicted octanol–water partition coefficient (Wildman–Crippen LogP) is 2.28. The van der Waals surface area contributed by atoms with Crippen molar-refractivity contribution in [1.29, 1.82) is 0 Å². The van der Waals surface area contributed by atoms with Gasteiger partial charge in [0.2, 0.25) is 15.9 Å². The van der Waals surface area contributed by atoms with Gasteiger partial charge in [-0.3, -0.25) is 9.69 Å². The molecule has 0 aromatic heterocycles. The highest BCUT2D eigenvalue weighted by Crippen LogP contribution is 2.29. The lowest BCUT2D eigenvalue weighted by Crippen LogP contribution is -2.55. The van der Waals surface area contributed by atoms with Crippen molar-refractivity contribution in [2.24, 2.45) is 0 Å². The van der Waals surface area contributed by atoms with E-state index in [4.69, 9.17) is 0 Å². The number of hydrogen-bond donors (Lipinski definition) is 0. The third-order valence-electron chi connectivity index (χ3n) is 5.99. The highest BCUT2D eigenvalue weighted by atomic mass is 32.2. The fourth-order valence-corrected chi connectivity index (χ4v) is 5.56. The van der Waals surface area contributed by atoms with Gasteiger partial charge in [-0.2, -0.15) is 4.31 Å². The molecule has 2 heterocycles. The Hall–Kier alpha value is -2.22. The predicted molar refractivity (Wildman–Crippen MR) is 113 cm³/mol. The second kappa shape index (κ2) is 7.89. The molecule has 1 atom stereocenters. The molecule has 1 fully saturated rings. The minimum Gasteiger partial charge on any atom is -0.310 e. The molecule has 0 unspecified atom stereocenters. The molecular formula is C22H27N3O3S. The van der Waals surface area contributed by atoms with Crippen LogP contribution in [0.1, 0.15) is 18.1 Å². The van der Waals surface area contributed by atoms with Crippen LogP contribution in [-0.2, 0) is 21.2 Å². The van der Waals surface area contributed by atoms with E-state index >= 15 is 0 Å². The lowest BCUT2D eigenvalue weighted by atomic mass is 10.1. The van der Waals surface area contributed by atoms with Crippen molar-refractivity contribution in [3.63, 3.8) is 0 Å². The van der Waals surface area contributed by atoms with Gasteiger partial charge in [0.15, 0.2) is 0 Å². The summed E-state index contributed by atoms with van der Waals surface area (Å²) in [5.41, 5.74) is 3.25. The van der Waals surface area contributed by atoms with Crippen molar-refractivity contribution in [3.05, 3.63) is 59.7 Å². The smallest absolute Gasteiger partial charge is 0.244 e. The molecule has 2 aliphatic rings. The second-order valence-corrected chi connectivity index (χ2v) is 9.74. The summed E-state index contributed by atoms with van der Waals surface area (Å²) in [6.45, 7) is 6.46. The molecule has 0 radical (unpaired) electrons. The highest BCUT2D eigenvalue weighted by Gasteiger charge is 2.34. The largest absolute Gasteiger partial charge is 0.310 e. The quantitative estimate of drug-likeness (QED) is 0.772. The number of aryl methyl sites for hydroxylation is 1. The third kappa shape index (κ3) is 3.82. The Kier molecular flexibility index (Phi) is 5.46. The SMILES string of the molecule is Cc1ccc(S(=O)(=O)N2CCN([C@H](C)C(=O)N3CCc4ccccc43)CC2)cc1. The van der Waals surface area contributed by atoms with E-state index in [9.17, 15) is 13.2 Å². The summed E-state index contributed by atoms with van der Waals surface area (Å²) < 4.78 is 27.3. The Labute approximate surface area is 172 Å². The summed E-state index contributed by atoms with van der Waals surface area (Å²) in [5, 5.41) is 0. The molecule has 2 aromatic carbocycles. The van der Waals surface area contributed by atoms with E-state index in [-0.39, 0.29) is 11.9 Å². The number of anilines is 1. The van der Waals surface area contributed by atoms with Gasteiger partial charge in [0.25, 0.3) is 0 Å². The minimum atomic E-state index is -3.49. The molecule has 29 heavy (non-hydrogen) atoms. The van der Waals surface area contributed by atoms with Crippen LogP contribution in [0.5, 0.6) is 0 Å². The Bertz CT molecular complexity index is 996. The van der Waals surface area contributed by atoms with Gasteiger partial charge >= 0.3 is 0 Å². The van der Waals surface area contributed by atoms with E-state index < -0.39 is 10.0 Å². The van der Waals surface area contributed by atoms with Gasteiger partial charge in [0.1, 0.15) is 0 Å². The number of rotatable bonds is 4. The number of hydrogen-bond acceptors (Lipinski definition) is 4. The summed E-state index contributed by atoms with van der Waals surface area (Å²) in [5.74, 6) is 0.0878. The van der Waals surface area contributed by atoms with Gasteiger partial charge in [0.05, 0.1) is 10.9 Å². The first-order chi connectivity index (χ1) is 13.9. The molecule has 7 heteroatoms. The Morgan fingerprint density at radius 1 is 0.931 bits per heavy atom. The summed E-state index contributed by atoms with van der Waals surface area (Å²) >= 11 is 0.